The van der Waals surface area contributed by atoms with Crippen LogP contribution in [0, 0.1) is 0 Å². The lowest BCUT2D eigenvalue weighted by molar-refractivity contribution is -0.141. The van der Waals surface area contributed by atoms with Gasteiger partial charge in [0.25, 0.3) is 0 Å². The van der Waals surface area contributed by atoms with E-state index in [4.69, 9.17) is 10.5 Å². The summed E-state index contributed by atoms with van der Waals surface area (Å²) in [7, 11) is 1.40. The quantitative estimate of drug-likeness (QED) is 0.849. The van der Waals surface area contributed by atoms with Crippen molar-refractivity contribution in [2.75, 3.05) is 7.11 Å². The van der Waals surface area contributed by atoms with Crippen LogP contribution in [0.15, 0.2) is 60.7 Å². The Hall–Kier alpha value is -2.13. The highest BCUT2D eigenvalue weighted by Gasteiger charge is 2.24. The van der Waals surface area contributed by atoms with Crippen molar-refractivity contribution in [2.24, 2.45) is 5.73 Å². The first-order chi connectivity index (χ1) is 9.72. The molecule has 2 atom stereocenters. The Morgan fingerprint density at radius 3 is 2.00 bits per heavy atom. The third-order valence-electron chi connectivity index (χ3n) is 3.46. The topological polar surface area (TPSA) is 52.3 Å². The third kappa shape index (κ3) is 3.45. The van der Waals surface area contributed by atoms with Gasteiger partial charge in [0, 0.05) is 12.0 Å². The molecule has 3 heteroatoms. The van der Waals surface area contributed by atoms with Gasteiger partial charge in [0.2, 0.25) is 0 Å². The van der Waals surface area contributed by atoms with Gasteiger partial charge in [0.15, 0.2) is 0 Å². The number of esters is 1. The van der Waals surface area contributed by atoms with Crippen LogP contribution in [0.4, 0.5) is 0 Å². The van der Waals surface area contributed by atoms with Gasteiger partial charge in [0.1, 0.15) is 0 Å². The molecule has 20 heavy (non-hydrogen) atoms. The Labute approximate surface area is 119 Å². The lowest BCUT2D eigenvalue weighted by Crippen LogP contribution is -2.22. The summed E-state index contributed by atoms with van der Waals surface area (Å²) in [6, 6.07) is 19.4. The first-order valence-electron chi connectivity index (χ1n) is 6.64. The second kappa shape index (κ2) is 6.87. The molecule has 0 aromatic heterocycles. The summed E-state index contributed by atoms with van der Waals surface area (Å²) in [6.45, 7) is 0. The van der Waals surface area contributed by atoms with Crippen LogP contribution in [0.2, 0.25) is 0 Å². The van der Waals surface area contributed by atoms with Gasteiger partial charge in [0.05, 0.1) is 13.5 Å². The maximum atomic E-state index is 11.7. The number of hydrogen-bond acceptors (Lipinski definition) is 3. The fourth-order valence-electron chi connectivity index (χ4n) is 2.32. The molecule has 0 spiro atoms. The first-order valence-corrected chi connectivity index (χ1v) is 6.64. The Morgan fingerprint density at radius 2 is 1.50 bits per heavy atom. The van der Waals surface area contributed by atoms with Gasteiger partial charge in [-0.05, 0) is 11.1 Å². The van der Waals surface area contributed by atoms with E-state index in [-0.39, 0.29) is 24.3 Å². The van der Waals surface area contributed by atoms with Crippen molar-refractivity contribution in [1.82, 2.24) is 0 Å². The van der Waals surface area contributed by atoms with Crippen molar-refractivity contribution in [3.8, 4) is 0 Å². The van der Waals surface area contributed by atoms with Crippen LogP contribution in [0.25, 0.3) is 0 Å². The highest BCUT2D eigenvalue weighted by Crippen LogP contribution is 2.32. The van der Waals surface area contributed by atoms with E-state index in [0.717, 1.165) is 11.1 Å². The van der Waals surface area contributed by atoms with Crippen LogP contribution in [-0.4, -0.2) is 13.1 Å². The van der Waals surface area contributed by atoms with Crippen molar-refractivity contribution in [3.05, 3.63) is 71.8 Å². The Kier molecular flexibility index (Phi) is 4.91. The molecule has 0 bridgehead atoms. The van der Waals surface area contributed by atoms with E-state index in [1.807, 2.05) is 60.7 Å². The average Bonchev–Trinajstić information content (AvgIpc) is 2.53. The summed E-state index contributed by atoms with van der Waals surface area (Å²) < 4.78 is 4.79. The molecule has 104 valence electrons. The molecule has 2 N–H and O–H groups in total. The van der Waals surface area contributed by atoms with E-state index < -0.39 is 0 Å². The van der Waals surface area contributed by atoms with Gasteiger partial charge in [-0.2, -0.15) is 0 Å². The van der Waals surface area contributed by atoms with E-state index in [1.165, 1.54) is 7.11 Å². The molecule has 2 aromatic rings. The number of hydrogen-bond donors (Lipinski definition) is 1. The van der Waals surface area contributed by atoms with Crippen LogP contribution in [0.3, 0.4) is 0 Å². The summed E-state index contributed by atoms with van der Waals surface area (Å²) in [6.07, 6.45) is 0.274. The second-order valence-electron chi connectivity index (χ2n) is 4.73. The fourth-order valence-corrected chi connectivity index (χ4v) is 2.32. The number of carbonyl (C=O) groups is 1. The molecule has 0 amide bonds. The van der Waals surface area contributed by atoms with Gasteiger partial charge >= 0.3 is 5.97 Å². The van der Waals surface area contributed by atoms with Crippen molar-refractivity contribution in [3.63, 3.8) is 0 Å². The standard InChI is InChI=1S/C17H19NO2/c1-20-16(19)12-15(13-8-4-2-5-9-13)17(18)14-10-6-3-7-11-14/h2-11,15,17H,12,18H2,1H3. The van der Waals surface area contributed by atoms with Gasteiger partial charge in [-0.1, -0.05) is 60.7 Å². The summed E-state index contributed by atoms with van der Waals surface area (Å²) >= 11 is 0. The third-order valence-corrected chi connectivity index (χ3v) is 3.46. The summed E-state index contributed by atoms with van der Waals surface area (Å²) in [5, 5.41) is 0. The zero-order valence-electron chi connectivity index (χ0n) is 11.5. The van der Waals surface area contributed by atoms with E-state index in [0.29, 0.717) is 0 Å². The van der Waals surface area contributed by atoms with Crippen molar-refractivity contribution in [1.29, 1.82) is 0 Å². The molecule has 3 nitrogen and oxygen atoms in total. The number of benzene rings is 2. The molecule has 0 heterocycles. The zero-order valence-corrected chi connectivity index (χ0v) is 11.5. The SMILES string of the molecule is COC(=O)CC(c1ccccc1)C(N)c1ccccc1. The molecule has 0 radical (unpaired) electrons. The van der Waals surface area contributed by atoms with Gasteiger partial charge < -0.3 is 10.5 Å². The van der Waals surface area contributed by atoms with Crippen LogP contribution >= 0.6 is 0 Å². The molecule has 2 aromatic carbocycles. The summed E-state index contributed by atoms with van der Waals surface area (Å²) in [4.78, 5) is 11.7. The second-order valence-corrected chi connectivity index (χ2v) is 4.73. The highest BCUT2D eigenvalue weighted by atomic mass is 16.5. The minimum atomic E-state index is -0.245. The molecule has 0 aliphatic heterocycles. The molecule has 0 aliphatic rings. The number of rotatable bonds is 5. The monoisotopic (exact) mass is 269 g/mol. The minimum absolute atomic E-state index is 0.0916. The summed E-state index contributed by atoms with van der Waals surface area (Å²) in [5.74, 6) is -0.337. The predicted molar refractivity (Wildman–Crippen MR) is 79.2 cm³/mol. The van der Waals surface area contributed by atoms with Crippen LogP contribution in [0.5, 0.6) is 0 Å². The molecule has 0 saturated carbocycles. The lowest BCUT2D eigenvalue weighted by Gasteiger charge is -2.24. The fraction of sp³-hybridized carbons (Fsp3) is 0.235. The summed E-state index contributed by atoms with van der Waals surface area (Å²) in [5.41, 5.74) is 8.44. The minimum Gasteiger partial charge on any atom is -0.469 e. The highest BCUT2D eigenvalue weighted by molar-refractivity contribution is 5.70. The van der Waals surface area contributed by atoms with E-state index in [1.54, 1.807) is 0 Å². The lowest BCUT2D eigenvalue weighted by atomic mass is 9.85. The molecule has 2 unspecified atom stereocenters. The van der Waals surface area contributed by atoms with Crippen molar-refractivity contribution in [2.45, 2.75) is 18.4 Å². The predicted octanol–water partition coefficient (Wildman–Crippen LogP) is 3.03. The van der Waals surface area contributed by atoms with Gasteiger partial charge in [-0.3, -0.25) is 4.79 Å². The molecular weight excluding hydrogens is 250 g/mol. The van der Waals surface area contributed by atoms with Crippen LogP contribution in [0.1, 0.15) is 29.5 Å². The van der Waals surface area contributed by atoms with Gasteiger partial charge in [-0.25, -0.2) is 0 Å². The van der Waals surface area contributed by atoms with E-state index >= 15 is 0 Å². The van der Waals surface area contributed by atoms with Crippen molar-refractivity contribution < 1.29 is 9.53 Å². The molecule has 0 fully saturated rings. The van der Waals surface area contributed by atoms with Crippen LogP contribution in [-0.2, 0) is 9.53 Å². The largest absolute Gasteiger partial charge is 0.469 e. The number of nitrogens with two attached hydrogens (primary N) is 1. The Bertz CT molecular complexity index is 539. The zero-order chi connectivity index (χ0) is 14.4. The first kappa shape index (κ1) is 14.3. The molecule has 0 saturated heterocycles. The van der Waals surface area contributed by atoms with E-state index in [9.17, 15) is 4.79 Å². The maximum absolute atomic E-state index is 11.7. The van der Waals surface area contributed by atoms with Crippen LogP contribution < -0.4 is 5.73 Å². The average molecular weight is 269 g/mol. The smallest absolute Gasteiger partial charge is 0.306 e. The van der Waals surface area contributed by atoms with Gasteiger partial charge in [-0.15, -0.1) is 0 Å². The Balaban J connectivity index is 2.29. The normalized spacial score (nSPS) is 13.5. The van der Waals surface area contributed by atoms with Crippen molar-refractivity contribution >= 4 is 5.97 Å². The molecule has 0 aliphatic carbocycles. The molecule has 2 rings (SSSR count). The molecular formula is C17H19NO2. The van der Waals surface area contributed by atoms with E-state index in [2.05, 4.69) is 0 Å². The number of ether oxygens (including phenoxy) is 1. The Morgan fingerprint density at radius 1 is 1.00 bits per heavy atom. The number of carbonyl (C=O) groups excluding carboxylic acids is 1. The number of methoxy groups -OCH3 is 1. The maximum Gasteiger partial charge on any atom is 0.306 e.